The molecule has 1 rings (SSSR count). The molecule has 0 radical (unpaired) electrons. The summed E-state index contributed by atoms with van der Waals surface area (Å²) in [5, 5.41) is 8.48. The van der Waals surface area contributed by atoms with Crippen molar-refractivity contribution < 1.29 is 27.5 Å². The minimum atomic E-state index is -4.76. The van der Waals surface area contributed by atoms with Crippen LogP contribution in [0.1, 0.15) is 28.8 Å². The van der Waals surface area contributed by atoms with E-state index >= 15 is 0 Å². The Labute approximate surface area is 77.1 Å². The number of hydrogen-bond donors (Lipinski definition) is 1. The van der Waals surface area contributed by atoms with Crippen molar-refractivity contribution in [3.63, 3.8) is 0 Å². The second kappa shape index (κ2) is 3.36. The van der Waals surface area contributed by atoms with Crippen LogP contribution in [0.4, 0.5) is 13.2 Å². The van der Waals surface area contributed by atoms with Gasteiger partial charge in [-0.25, -0.2) is 4.79 Å². The van der Waals surface area contributed by atoms with Gasteiger partial charge in [-0.1, -0.05) is 6.92 Å². The Kier molecular flexibility index (Phi) is 2.55. The van der Waals surface area contributed by atoms with Crippen molar-refractivity contribution in [3.8, 4) is 0 Å². The molecule has 0 unspecified atom stereocenters. The predicted octanol–water partition coefficient (Wildman–Crippen LogP) is 2.56. The zero-order valence-electron chi connectivity index (χ0n) is 7.18. The topological polar surface area (TPSA) is 50.4 Å². The summed E-state index contributed by atoms with van der Waals surface area (Å²) in [4.78, 5) is 10.4. The molecule has 0 spiro atoms. The van der Waals surface area contributed by atoms with Gasteiger partial charge in [-0.05, 0) is 6.07 Å². The molecule has 0 amide bonds. The highest BCUT2D eigenvalue weighted by Gasteiger charge is 2.40. The number of carboxylic acids is 1. The zero-order valence-corrected chi connectivity index (χ0v) is 7.18. The quantitative estimate of drug-likeness (QED) is 0.812. The van der Waals surface area contributed by atoms with Crippen molar-refractivity contribution in [1.29, 1.82) is 0 Å². The van der Waals surface area contributed by atoms with E-state index in [4.69, 9.17) is 5.11 Å². The van der Waals surface area contributed by atoms with Crippen molar-refractivity contribution >= 4 is 5.97 Å². The summed E-state index contributed by atoms with van der Waals surface area (Å²) < 4.78 is 41.0. The Balaban J connectivity index is 3.26. The van der Waals surface area contributed by atoms with E-state index in [1.54, 1.807) is 6.92 Å². The highest BCUT2D eigenvalue weighted by atomic mass is 19.4. The van der Waals surface area contributed by atoms with Gasteiger partial charge in [0.2, 0.25) is 5.76 Å². The number of carboxylic acid groups (broad SMARTS) is 1. The lowest BCUT2D eigenvalue weighted by Gasteiger charge is -2.02. The summed E-state index contributed by atoms with van der Waals surface area (Å²) >= 11 is 0. The first-order chi connectivity index (χ1) is 6.36. The van der Waals surface area contributed by atoms with Crippen LogP contribution in [0.2, 0.25) is 0 Å². The SMILES string of the molecule is CCc1cc(C(=O)O)c(C(F)(F)F)o1. The normalized spacial score (nSPS) is 11.7. The molecule has 1 N–H and O–H groups in total. The van der Waals surface area contributed by atoms with E-state index in [-0.39, 0.29) is 12.2 Å². The van der Waals surface area contributed by atoms with Crippen LogP contribution < -0.4 is 0 Å². The van der Waals surface area contributed by atoms with Crippen molar-refractivity contribution in [2.45, 2.75) is 19.5 Å². The lowest BCUT2D eigenvalue weighted by atomic mass is 10.2. The summed E-state index contributed by atoms with van der Waals surface area (Å²) in [5.74, 6) is -3.07. The second-order valence-corrected chi connectivity index (χ2v) is 2.61. The summed E-state index contributed by atoms with van der Waals surface area (Å²) in [7, 11) is 0. The van der Waals surface area contributed by atoms with E-state index in [9.17, 15) is 18.0 Å². The fourth-order valence-corrected chi connectivity index (χ4v) is 0.986. The molecule has 1 aromatic heterocycles. The number of alkyl halides is 3. The zero-order chi connectivity index (χ0) is 10.9. The maximum atomic E-state index is 12.2. The third-order valence-corrected chi connectivity index (χ3v) is 1.62. The van der Waals surface area contributed by atoms with Crippen LogP contribution >= 0.6 is 0 Å². The monoisotopic (exact) mass is 208 g/mol. The van der Waals surface area contributed by atoms with Gasteiger partial charge >= 0.3 is 12.1 Å². The van der Waals surface area contributed by atoms with Crippen LogP contribution in [0.25, 0.3) is 0 Å². The van der Waals surface area contributed by atoms with Crippen LogP contribution in [0.15, 0.2) is 10.5 Å². The standard InChI is InChI=1S/C8H7F3O3/c1-2-4-3-5(7(12)13)6(14-4)8(9,10)11/h3H,2H2,1H3,(H,12,13). The maximum absolute atomic E-state index is 12.2. The van der Waals surface area contributed by atoms with Gasteiger partial charge in [-0.15, -0.1) is 0 Å². The molecule has 1 heterocycles. The lowest BCUT2D eigenvalue weighted by molar-refractivity contribution is -0.153. The van der Waals surface area contributed by atoms with Crippen LogP contribution in [-0.2, 0) is 12.6 Å². The Bertz CT molecular complexity index is 351. The van der Waals surface area contributed by atoms with E-state index in [0.29, 0.717) is 0 Å². The molecule has 6 heteroatoms. The van der Waals surface area contributed by atoms with Crippen molar-refractivity contribution in [1.82, 2.24) is 0 Å². The Hall–Kier alpha value is -1.46. The molecule has 0 atom stereocenters. The van der Waals surface area contributed by atoms with E-state index in [2.05, 4.69) is 4.42 Å². The highest BCUT2D eigenvalue weighted by molar-refractivity contribution is 5.89. The second-order valence-electron chi connectivity index (χ2n) is 2.61. The highest BCUT2D eigenvalue weighted by Crippen LogP contribution is 2.34. The molecule has 78 valence electrons. The van der Waals surface area contributed by atoms with E-state index < -0.39 is 23.5 Å². The molecule has 3 nitrogen and oxygen atoms in total. The molecule has 0 bridgehead atoms. The number of furan rings is 1. The van der Waals surface area contributed by atoms with Crippen LogP contribution in [-0.4, -0.2) is 11.1 Å². The van der Waals surface area contributed by atoms with Crippen LogP contribution in [0.3, 0.4) is 0 Å². The van der Waals surface area contributed by atoms with Crippen LogP contribution in [0, 0.1) is 0 Å². The fraction of sp³-hybridized carbons (Fsp3) is 0.375. The predicted molar refractivity (Wildman–Crippen MR) is 40.0 cm³/mol. The third kappa shape index (κ3) is 1.89. The molecule has 14 heavy (non-hydrogen) atoms. The molecule has 0 aromatic carbocycles. The van der Waals surface area contributed by atoms with E-state index in [1.807, 2.05) is 0 Å². The van der Waals surface area contributed by atoms with Gasteiger partial charge in [0.25, 0.3) is 0 Å². The van der Waals surface area contributed by atoms with Crippen molar-refractivity contribution in [3.05, 3.63) is 23.2 Å². The van der Waals surface area contributed by atoms with Gasteiger partial charge in [0.15, 0.2) is 0 Å². The minimum absolute atomic E-state index is 0.00900. The van der Waals surface area contributed by atoms with Crippen LogP contribution in [0.5, 0.6) is 0 Å². The number of hydrogen-bond acceptors (Lipinski definition) is 2. The van der Waals surface area contributed by atoms with Gasteiger partial charge in [0.05, 0.1) is 0 Å². The van der Waals surface area contributed by atoms with Crippen molar-refractivity contribution in [2.75, 3.05) is 0 Å². The fourth-order valence-electron chi connectivity index (χ4n) is 0.986. The molecule has 0 aliphatic carbocycles. The van der Waals surface area contributed by atoms with Gasteiger partial charge in [-0.2, -0.15) is 13.2 Å². The number of rotatable bonds is 2. The largest absolute Gasteiger partial charge is 0.478 e. The average molecular weight is 208 g/mol. The molecular weight excluding hydrogens is 201 g/mol. The summed E-state index contributed by atoms with van der Waals surface area (Å²) in [6.45, 7) is 1.57. The molecule has 1 aromatic rings. The van der Waals surface area contributed by atoms with E-state index in [1.165, 1.54) is 0 Å². The summed E-state index contributed by atoms with van der Waals surface area (Å²) in [6.07, 6.45) is -4.54. The number of aromatic carboxylic acids is 1. The first-order valence-corrected chi connectivity index (χ1v) is 3.79. The average Bonchev–Trinajstić information content (AvgIpc) is 2.46. The van der Waals surface area contributed by atoms with Gasteiger partial charge in [0.1, 0.15) is 11.3 Å². The van der Waals surface area contributed by atoms with Gasteiger partial charge in [-0.3, -0.25) is 0 Å². The Morgan fingerprint density at radius 3 is 2.43 bits per heavy atom. The molecular formula is C8H7F3O3. The molecule has 0 aliphatic heterocycles. The molecule has 0 saturated carbocycles. The number of aryl methyl sites for hydroxylation is 1. The smallest absolute Gasteiger partial charge is 0.450 e. The van der Waals surface area contributed by atoms with E-state index in [0.717, 1.165) is 6.07 Å². The Morgan fingerprint density at radius 1 is 1.57 bits per heavy atom. The minimum Gasteiger partial charge on any atom is -0.478 e. The first-order valence-electron chi connectivity index (χ1n) is 3.79. The number of halogens is 3. The molecule has 0 saturated heterocycles. The molecule has 0 aliphatic rings. The Morgan fingerprint density at radius 2 is 2.14 bits per heavy atom. The van der Waals surface area contributed by atoms with Gasteiger partial charge < -0.3 is 9.52 Å². The van der Waals surface area contributed by atoms with Gasteiger partial charge in [0, 0.05) is 6.42 Å². The third-order valence-electron chi connectivity index (χ3n) is 1.62. The summed E-state index contributed by atoms with van der Waals surface area (Å²) in [5.41, 5.74) is -0.839. The molecule has 0 fully saturated rings. The number of carbonyl (C=O) groups is 1. The maximum Gasteiger partial charge on any atom is 0.450 e. The lowest BCUT2D eigenvalue weighted by Crippen LogP contribution is -2.09. The van der Waals surface area contributed by atoms with Crippen molar-refractivity contribution in [2.24, 2.45) is 0 Å². The first kappa shape index (κ1) is 10.6. The summed E-state index contributed by atoms with van der Waals surface area (Å²) in [6, 6.07) is 0.894.